The Bertz CT molecular complexity index is 730. The molecule has 122 valence electrons. The normalized spacial score (nSPS) is 15.7. The number of amides is 3. The van der Waals surface area contributed by atoms with Gasteiger partial charge in [0.1, 0.15) is 11.8 Å². The second-order valence-electron chi connectivity index (χ2n) is 5.89. The Morgan fingerprint density at radius 3 is 2.70 bits per heavy atom. The second-order valence-corrected chi connectivity index (χ2v) is 5.89. The van der Waals surface area contributed by atoms with Crippen LogP contribution in [0.1, 0.15) is 28.8 Å². The Morgan fingerprint density at radius 1 is 1.26 bits per heavy atom. The monoisotopic (exact) mass is 315 g/mol. The molecule has 3 amide bonds. The minimum Gasteiger partial charge on any atom is -0.463 e. The van der Waals surface area contributed by atoms with Crippen LogP contribution in [0.5, 0.6) is 0 Å². The molecule has 0 bridgehead atoms. The fraction of sp³-hybridized carbons (Fsp3) is 0.412. The molecule has 0 spiro atoms. The second kappa shape index (κ2) is 6.32. The van der Waals surface area contributed by atoms with E-state index in [4.69, 9.17) is 4.42 Å². The number of hydrogen-bond donors (Lipinski definition) is 2. The fourth-order valence-electron chi connectivity index (χ4n) is 3.02. The van der Waals surface area contributed by atoms with Crippen molar-refractivity contribution < 1.29 is 14.0 Å². The Morgan fingerprint density at radius 2 is 2.00 bits per heavy atom. The Balaban J connectivity index is 1.69. The van der Waals surface area contributed by atoms with Crippen LogP contribution in [-0.4, -0.2) is 43.0 Å². The predicted molar refractivity (Wildman–Crippen MR) is 87.5 cm³/mol. The lowest BCUT2D eigenvalue weighted by molar-refractivity contribution is 0.0709. The van der Waals surface area contributed by atoms with E-state index in [1.54, 1.807) is 13.3 Å². The molecular weight excluding hydrogens is 294 g/mol. The van der Waals surface area contributed by atoms with Gasteiger partial charge in [-0.1, -0.05) is 18.2 Å². The highest BCUT2D eigenvalue weighted by Crippen LogP contribution is 2.26. The number of fused-ring (bicyclic) bond motifs is 1. The lowest BCUT2D eigenvalue weighted by Gasteiger charge is -2.32. The average molecular weight is 315 g/mol. The maximum atomic E-state index is 12.7. The van der Waals surface area contributed by atoms with E-state index in [-0.39, 0.29) is 18.0 Å². The van der Waals surface area contributed by atoms with E-state index >= 15 is 0 Å². The molecule has 2 aromatic rings. The Labute approximate surface area is 134 Å². The molecule has 1 aromatic heterocycles. The van der Waals surface area contributed by atoms with Crippen LogP contribution in [0, 0.1) is 6.92 Å². The molecule has 2 heterocycles. The number of piperidine rings is 1. The maximum absolute atomic E-state index is 12.7. The number of aryl methyl sites for hydroxylation is 1. The number of urea groups is 1. The molecule has 1 aliphatic rings. The van der Waals surface area contributed by atoms with Crippen molar-refractivity contribution in [2.75, 3.05) is 20.1 Å². The summed E-state index contributed by atoms with van der Waals surface area (Å²) in [7, 11) is 1.60. The zero-order chi connectivity index (χ0) is 16.4. The van der Waals surface area contributed by atoms with E-state index in [1.165, 1.54) is 0 Å². The van der Waals surface area contributed by atoms with Crippen molar-refractivity contribution >= 4 is 22.9 Å². The van der Waals surface area contributed by atoms with Crippen LogP contribution in [0.3, 0.4) is 0 Å². The van der Waals surface area contributed by atoms with Crippen LogP contribution in [-0.2, 0) is 0 Å². The van der Waals surface area contributed by atoms with Crippen molar-refractivity contribution in [1.82, 2.24) is 15.5 Å². The average Bonchev–Trinajstić information content (AvgIpc) is 3.00. The molecule has 1 saturated heterocycles. The predicted octanol–water partition coefficient (Wildman–Crippen LogP) is 2.27. The Hall–Kier alpha value is -2.50. The van der Waals surface area contributed by atoms with Gasteiger partial charge in [0.05, 0.1) is 5.56 Å². The number of benzene rings is 1. The molecule has 1 aromatic carbocycles. The highest BCUT2D eigenvalue weighted by molar-refractivity contribution is 6.06. The summed E-state index contributed by atoms with van der Waals surface area (Å²) in [5, 5.41) is 6.31. The fourth-order valence-corrected chi connectivity index (χ4v) is 3.02. The minimum atomic E-state index is -0.175. The van der Waals surface area contributed by atoms with Crippen molar-refractivity contribution in [3.8, 4) is 0 Å². The van der Waals surface area contributed by atoms with Gasteiger partial charge in [0.15, 0.2) is 0 Å². The van der Waals surface area contributed by atoms with Gasteiger partial charge in [-0.3, -0.25) is 4.79 Å². The first-order valence-electron chi connectivity index (χ1n) is 7.84. The maximum Gasteiger partial charge on any atom is 0.314 e. The summed E-state index contributed by atoms with van der Waals surface area (Å²) in [4.78, 5) is 25.9. The van der Waals surface area contributed by atoms with Gasteiger partial charge in [-0.15, -0.1) is 0 Å². The Kier molecular flexibility index (Phi) is 4.23. The van der Waals surface area contributed by atoms with E-state index in [2.05, 4.69) is 10.6 Å². The zero-order valence-corrected chi connectivity index (χ0v) is 13.4. The molecule has 0 aliphatic carbocycles. The van der Waals surface area contributed by atoms with E-state index in [0.29, 0.717) is 18.7 Å². The summed E-state index contributed by atoms with van der Waals surface area (Å²) in [6.07, 6.45) is 3.07. The molecule has 2 N–H and O–H groups in total. The third kappa shape index (κ3) is 3.02. The molecule has 1 fully saturated rings. The molecule has 3 rings (SSSR count). The summed E-state index contributed by atoms with van der Waals surface area (Å²) in [5.41, 5.74) is 2.41. The largest absolute Gasteiger partial charge is 0.463 e. The van der Waals surface area contributed by atoms with E-state index in [1.807, 2.05) is 30.0 Å². The quantitative estimate of drug-likeness (QED) is 0.893. The lowest BCUT2D eigenvalue weighted by Crippen LogP contribution is -2.48. The van der Waals surface area contributed by atoms with Crippen LogP contribution in [0.25, 0.3) is 11.0 Å². The molecule has 1 aliphatic heterocycles. The minimum absolute atomic E-state index is 0.00672. The van der Waals surface area contributed by atoms with Crippen LogP contribution >= 0.6 is 0 Å². The topological polar surface area (TPSA) is 74.6 Å². The van der Waals surface area contributed by atoms with Gasteiger partial charge in [-0.25, -0.2) is 4.79 Å². The standard InChI is InChI=1S/C17H21N3O3/c1-11-4-3-5-13-14(10-23-15(11)13)16(21)20-8-6-12(7-9-20)19-17(22)18-2/h3-5,10,12H,6-9H2,1-2H3,(H2,18,19,22). The molecule has 6 nitrogen and oxygen atoms in total. The number of nitrogens with one attached hydrogen (secondary N) is 2. The van der Waals surface area contributed by atoms with E-state index in [9.17, 15) is 9.59 Å². The molecule has 0 unspecified atom stereocenters. The van der Waals surface area contributed by atoms with Gasteiger partial charge in [-0.2, -0.15) is 0 Å². The van der Waals surface area contributed by atoms with E-state index in [0.717, 1.165) is 29.4 Å². The molecule has 0 atom stereocenters. The summed E-state index contributed by atoms with van der Waals surface area (Å²) in [6, 6.07) is 5.76. The number of furan rings is 1. The van der Waals surface area contributed by atoms with Crippen molar-refractivity contribution in [2.24, 2.45) is 0 Å². The van der Waals surface area contributed by atoms with Crippen molar-refractivity contribution in [3.63, 3.8) is 0 Å². The van der Waals surface area contributed by atoms with Gasteiger partial charge in [0, 0.05) is 31.6 Å². The summed E-state index contributed by atoms with van der Waals surface area (Å²) in [5.74, 6) is -0.00672. The number of likely N-dealkylation sites (tertiary alicyclic amines) is 1. The summed E-state index contributed by atoms with van der Waals surface area (Å²) in [6.45, 7) is 3.23. The van der Waals surface area contributed by atoms with Gasteiger partial charge in [0.25, 0.3) is 5.91 Å². The first-order valence-corrected chi connectivity index (χ1v) is 7.84. The van der Waals surface area contributed by atoms with Crippen LogP contribution in [0.2, 0.25) is 0 Å². The van der Waals surface area contributed by atoms with Gasteiger partial charge < -0.3 is 20.0 Å². The number of nitrogens with zero attached hydrogens (tertiary/aromatic N) is 1. The first kappa shape index (κ1) is 15.4. The molecular formula is C17H21N3O3. The number of carbonyl (C=O) groups is 2. The third-order valence-electron chi connectivity index (χ3n) is 4.37. The lowest BCUT2D eigenvalue weighted by atomic mass is 10.0. The number of rotatable bonds is 2. The smallest absolute Gasteiger partial charge is 0.314 e. The van der Waals surface area contributed by atoms with Crippen molar-refractivity contribution in [2.45, 2.75) is 25.8 Å². The molecule has 23 heavy (non-hydrogen) atoms. The van der Waals surface area contributed by atoms with Gasteiger partial charge in [-0.05, 0) is 25.3 Å². The highest BCUT2D eigenvalue weighted by Gasteiger charge is 2.26. The van der Waals surface area contributed by atoms with Crippen LogP contribution < -0.4 is 10.6 Å². The first-order chi connectivity index (χ1) is 11.1. The van der Waals surface area contributed by atoms with Gasteiger partial charge in [0.2, 0.25) is 0 Å². The van der Waals surface area contributed by atoms with Crippen LogP contribution in [0.15, 0.2) is 28.9 Å². The summed E-state index contributed by atoms with van der Waals surface area (Å²) >= 11 is 0. The SMILES string of the molecule is CNC(=O)NC1CCN(C(=O)c2coc3c(C)cccc23)CC1. The number of para-hydroxylation sites is 1. The molecule has 0 saturated carbocycles. The van der Waals surface area contributed by atoms with Crippen molar-refractivity contribution in [3.05, 3.63) is 35.6 Å². The highest BCUT2D eigenvalue weighted by atomic mass is 16.3. The van der Waals surface area contributed by atoms with Crippen molar-refractivity contribution in [1.29, 1.82) is 0 Å². The molecule has 0 radical (unpaired) electrons. The zero-order valence-electron chi connectivity index (χ0n) is 13.4. The van der Waals surface area contributed by atoms with E-state index < -0.39 is 0 Å². The van der Waals surface area contributed by atoms with Crippen LogP contribution in [0.4, 0.5) is 4.79 Å². The van der Waals surface area contributed by atoms with Gasteiger partial charge >= 0.3 is 6.03 Å². The number of hydrogen-bond acceptors (Lipinski definition) is 3. The molecule has 6 heteroatoms. The third-order valence-corrected chi connectivity index (χ3v) is 4.37. The number of carbonyl (C=O) groups excluding carboxylic acids is 2. The summed E-state index contributed by atoms with van der Waals surface area (Å²) < 4.78 is 5.57.